The first kappa shape index (κ1) is 11.9. The largest absolute Gasteiger partial charge is 0.356 e. The number of carbonyl (C=O) groups is 1. The molecule has 2 N–H and O–H groups in total. The maximum Gasteiger partial charge on any atom is 0.223 e. The Labute approximate surface area is 95.9 Å². The molecule has 0 aromatic carbocycles. The van der Waals surface area contributed by atoms with Crippen molar-refractivity contribution in [1.82, 2.24) is 10.6 Å². The summed E-state index contributed by atoms with van der Waals surface area (Å²) in [5.74, 6) is 0.496. The van der Waals surface area contributed by atoms with Crippen LogP contribution in [0.25, 0.3) is 0 Å². The number of hydrogen-bond donors (Lipinski definition) is 2. The predicted molar refractivity (Wildman–Crippen MR) is 60.8 cm³/mol. The van der Waals surface area contributed by atoms with E-state index < -0.39 is 9.84 Å². The minimum atomic E-state index is -2.94. The highest BCUT2D eigenvalue weighted by atomic mass is 32.2. The Balaban J connectivity index is 1.73. The van der Waals surface area contributed by atoms with Gasteiger partial charge in [-0.25, -0.2) is 8.42 Å². The van der Waals surface area contributed by atoms with Crippen molar-refractivity contribution in [2.45, 2.75) is 24.5 Å². The van der Waals surface area contributed by atoms with Crippen molar-refractivity contribution in [1.29, 1.82) is 0 Å². The molecule has 1 amide bonds. The standard InChI is InChI=1S/C10H18N2O3S/c13-10(8-1-2-8)12-4-3-9-7-11-5-6-16(9,14)15/h8-9,11H,1-7H2,(H,12,13). The minimum absolute atomic E-state index is 0.0844. The summed E-state index contributed by atoms with van der Waals surface area (Å²) in [6, 6.07) is 0. The highest BCUT2D eigenvalue weighted by Gasteiger charge is 2.31. The zero-order chi connectivity index (χ0) is 11.6. The number of hydrogen-bond acceptors (Lipinski definition) is 4. The molecule has 2 fully saturated rings. The van der Waals surface area contributed by atoms with Gasteiger partial charge in [0.2, 0.25) is 5.91 Å². The van der Waals surface area contributed by atoms with Gasteiger partial charge in [-0.1, -0.05) is 0 Å². The molecule has 0 aromatic heterocycles. The molecule has 1 atom stereocenters. The Hall–Kier alpha value is -0.620. The molecule has 16 heavy (non-hydrogen) atoms. The zero-order valence-corrected chi connectivity index (χ0v) is 10.1. The summed E-state index contributed by atoms with van der Waals surface area (Å²) < 4.78 is 23.3. The molecule has 6 heteroatoms. The van der Waals surface area contributed by atoms with Gasteiger partial charge in [-0.3, -0.25) is 4.79 Å². The summed E-state index contributed by atoms with van der Waals surface area (Å²) in [4.78, 5) is 11.3. The molecular weight excluding hydrogens is 228 g/mol. The fourth-order valence-corrected chi connectivity index (χ4v) is 3.51. The lowest BCUT2D eigenvalue weighted by atomic mass is 10.3. The monoisotopic (exact) mass is 246 g/mol. The first-order valence-corrected chi connectivity index (χ1v) is 7.51. The second kappa shape index (κ2) is 4.71. The summed E-state index contributed by atoms with van der Waals surface area (Å²) in [7, 11) is -2.94. The molecular formula is C10H18N2O3S. The van der Waals surface area contributed by atoms with E-state index in [0.29, 0.717) is 26.1 Å². The van der Waals surface area contributed by atoms with Crippen LogP contribution in [0.2, 0.25) is 0 Å². The maximum atomic E-state index is 11.7. The molecule has 2 rings (SSSR count). The molecule has 0 spiro atoms. The minimum Gasteiger partial charge on any atom is -0.356 e. The second-order valence-corrected chi connectivity index (χ2v) is 6.95. The predicted octanol–water partition coefficient (Wildman–Crippen LogP) is -0.711. The summed E-state index contributed by atoms with van der Waals surface area (Å²) in [5.41, 5.74) is 0. The Morgan fingerprint density at radius 3 is 2.75 bits per heavy atom. The highest BCUT2D eigenvalue weighted by Crippen LogP contribution is 2.28. The van der Waals surface area contributed by atoms with Crippen LogP contribution in [-0.2, 0) is 14.6 Å². The average molecular weight is 246 g/mol. The normalized spacial score (nSPS) is 28.6. The van der Waals surface area contributed by atoms with Gasteiger partial charge in [-0.15, -0.1) is 0 Å². The molecule has 1 aliphatic carbocycles. The van der Waals surface area contributed by atoms with Crippen LogP contribution in [-0.4, -0.2) is 45.0 Å². The molecule has 1 heterocycles. The average Bonchev–Trinajstić information content (AvgIpc) is 3.03. The topological polar surface area (TPSA) is 75.3 Å². The second-order valence-electron chi connectivity index (χ2n) is 4.55. The van der Waals surface area contributed by atoms with E-state index in [9.17, 15) is 13.2 Å². The summed E-state index contributed by atoms with van der Waals surface area (Å²) >= 11 is 0. The van der Waals surface area contributed by atoms with E-state index in [0.717, 1.165) is 12.8 Å². The molecule has 0 aromatic rings. The third kappa shape index (κ3) is 2.95. The van der Waals surface area contributed by atoms with E-state index >= 15 is 0 Å². The van der Waals surface area contributed by atoms with Gasteiger partial charge in [-0.2, -0.15) is 0 Å². The van der Waals surface area contributed by atoms with Crippen LogP contribution in [0, 0.1) is 5.92 Å². The van der Waals surface area contributed by atoms with Crippen LogP contribution in [0.5, 0.6) is 0 Å². The number of rotatable bonds is 4. The quantitative estimate of drug-likeness (QED) is 0.687. The van der Waals surface area contributed by atoms with Crippen molar-refractivity contribution >= 4 is 15.7 Å². The molecule has 1 saturated heterocycles. The van der Waals surface area contributed by atoms with Crippen LogP contribution in [0.15, 0.2) is 0 Å². The van der Waals surface area contributed by atoms with E-state index in [2.05, 4.69) is 10.6 Å². The van der Waals surface area contributed by atoms with Crippen molar-refractivity contribution < 1.29 is 13.2 Å². The first-order chi connectivity index (χ1) is 7.59. The SMILES string of the molecule is O=C(NCCC1CNCCS1(=O)=O)C1CC1. The summed E-state index contributed by atoms with van der Waals surface area (Å²) in [5, 5.41) is 5.54. The van der Waals surface area contributed by atoms with Crippen LogP contribution < -0.4 is 10.6 Å². The van der Waals surface area contributed by atoms with Gasteiger partial charge in [0.05, 0.1) is 11.0 Å². The van der Waals surface area contributed by atoms with Crippen molar-refractivity contribution in [3.63, 3.8) is 0 Å². The Morgan fingerprint density at radius 2 is 2.12 bits per heavy atom. The molecule has 0 radical (unpaired) electrons. The van der Waals surface area contributed by atoms with Gasteiger partial charge >= 0.3 is 0 Å². The molecule has 2 aliphatic rings. The highest BCUT2D eigenvalue weighted by molar-refractivity contribution is 7.92. The zero-order valence-electron chi connectivity index (χ0n) is 9.24. The number of carbonyl (C=O) groups excluding carboxylic acids is 1. The van der Waals surface area contributed by atoms with Crippen LogP contribution in [0.3, 0.4) is 0 Å². The molecule has 92 valence electrons. The smallest absolute Gasteiger partial charge is 0.223 e. The molecule has 5 nitrogen and oxygen atoms in total. The van der Waals surface area contributed by atoms with Crippen LogP contribution >= 0.6 is 0 Å². The Bertz CT molecular complexity index is 362. The van der Waals surface area contributed by atoms with Crippen molar-refractivity contribution in [2.75, 3.05) is 25.4 Å². The molecule has 1 saturated carbocycles. The number of sulfone groups is 1. The van der Waals surface area contributed by atoms with Crippen molar-refractivity contribution in [3.8, 4) is 0 Å². The van der Waals surface area contributed by atoms with Gasteiger partial charge in [0.1, 0.15) is 0 Å². The maximum absolute atomic E-state index is 11.7. The van der Waals surface area contributed by atoms with Gasteiger partial charge in [0.25, 0.3) is 0 Å². The summed E-state index contributed by atoms with van der Waals surface area (Å²) in [6.07, 6.45) is 2.48. The van der Waals surface area contributed by atoms with Crippen LogP contribution in [0.1, 0.15) is 19.3 Å². The fraction of sp³-hybridized carbons (Fsp3) is 0.900. The van der Waals surface area contributed by atoms with E-state index in [1.807, 2.05) is 0 Å². The van der Waals surface area contributed by atoms with Crippen molar-refractivity contribution in [2.24, 2.45) is 5.92 Å². The van der Waals surface area contributed by atoms with E-state index in [1.165, 1.54) is 0 Å². The van der Waals surface area contributed by atoms with Gasteiger partial charge in [0, 0.05) is 25.6 Å². The third-order valence-electron chi connectivity index (χ3n) is 3.16. The Morgan fingerprint density at radius 1 is 1.38 bits per heavy atom. The lowest BCUT2D eigenvalue weighted by molar-refractivity contribution is -0.122. The lowest BCUT2D eigenvalue weighted by Gasteiger charge is -2.23. The molecule has 0 bridgehead atoms. The number of amides is 1. The van der Waals surface area contributed by atoms with Gasteiger partial charge < -0.3 is 10.6 Å². The summed E-state index contributed by atoms with van der Waals surface area (Å²) in [6.45, 7) is 1.54. The first-order valence-electron chi connectivity index (χ1n) is 5.79. The van der Waals surface area contributed by atoms with E-state index in [1.54, 1.807) is 0 Å². The van der Waals surface area contributed by atoms with E-state index in [4.69, 9.17) is 0 Å². The Kier molecular flexibility index (Phi) is 3.49. The van der Waals surface area contributed by atoms with Crippen LogP contribution in [0.4, 0.5) is 0 Å². The molecule has 1 aliphatic heterocycles. The fourth-order valence-electron chi connectivity index (χ4n) is 1.90. The van der Waals surface area contributed by atoms with Gasteiger partial charge in [0.15, 0.2) is 9.84 Å². The lowest BCUT2D eigenvalue weighted by Crippen LogP contribution is -2.45. The number of nitrogens with one attached hydrogen (secondary N) is 2. The molecule has 1 unspecified atom stereocenters. The van der Waals surface area contributed by atoms with E-state index in [-0.39, 0.29) is 22.8 Å². The van der Waals surface area contributed by atoms with Crippen molar-refractivity contribution in [3.05, 3.63) is 0 Å². The van der Waals surface area contributed by atoms with Gasteiger partial charge in [-0.05, 0) is 19.3 Å². The third-order valence-corrected chi connectivity index (χ3v) is 5.35.